The van der Waals surface area contributed by atoms with E-state index in [4.69, 9.17) is 4.74 Å². The zero-order chi connectivity index (χ0) is 13.5. The summed E-state index contributed by atoms with van der Waals surface area (Å²) >= 11 is 0. The highest BCUT2D eigenvalue weighted by molar-refractivity contribution is 5.67. The second kappa shape index (κ2) is 7.45. The van der Waals surface area contributed by atoms with E-state index in [1.807, 2.05) is 13.8 Å². The molecule has 18 heavy (non-hydrogen) atoms. The van der Waals surface area contributed by atoms with Crippen LogP contribution in [-0.2, 0) is 4.74 Å². The van der Waals surface area contributed by atoms with Gasteiger partial charge in [-0.3, -0.25) is 0 Å². The van der Waals surface area contributed by atoms with Gasteiger partial charge in [0.25, 0.3) is 0 Å². The summed E-state index contributed by atoms with van der Waals surface area (Å²) in [5, 5.41) is 2.83. The number of ether oxygens (including phenoxy) is 1. The Kier molecular flexibility index (Phi) is 6.23. The quantitative estimate of drug-likeness (QED) is 0.755. The summed E-state index contributed by atoms with van der Waals surface area (Å²) in [5.74, 6) is 1.56. The lowest BCUT2D eigenvalue weighted by Gasteiger charge is -2.25. The number of allylic oxidation sites excluding steroid dienone is 1. The number of rotatable bonds is 5. The van der Waals surface area contributed by atoms with E-state index in [0.717, 1.165) is 31.1 Å². The van der Waals surface area contributed by atoms with Gasteiger partial charge in [0.05, 0.1) is 0 Å². The van der Waals surface area contributed by atoms with Crippen LogP contribution in [0, 0.1) is 11.8 Å². The van der Waals surface area contributed by atoms with E-state index in [2.05, 4.69) is 25.2 Å². The van der Waals surface area contributed by atoms with Crippen LogP contribution in [0.4, 0.5) is 4.79 Å². The van der Waals surface area contributed by atoms with Crippen LogP contribution < -0.4 is 5.32 Å². The highest BCUT2D eigenvalue weighted by atomic mass is 16.6. The molecule has 104 valence electrons. The first-order chi connectivity index (χ1) is 8.52. The molecule has 0 aromatic carbocycles. The van der Waals surface area contributed by atoms with Crippen molar-refractivity contribution in [2.45, 2.75) is 59.5 Å². The Hall–Kier alpha value is -0.990. The summed E-state index contributed by atoms with van der Waals surface area (Å²) in [6.07, 6.45) is 6.34. The van der Waals surface area contributed by atoms with Crippen molar-refractivity contribution >= 4 is 6.09 Å². The van der Waals surface area contributed by atoms with Gasteiger partial charge in [0.1, 0.15) is 6.10 Å². The minimum Gasteiger partial charge on any atom is -0.447 e. The number of hydrogen-bond acceptors (Lipinski definition) is 2. The van der Waals surface area contributed by atoms with Crippen molar-refractivity contribution in [2.75, 3.05) is 6.54 Å². The van der Waals surface area contributed by atoms with Crippen molar-refractivity contribution in [2.24, 2.45) is 11.8 Å². The van der Waals surface area contributed by atoms with Crippen LogP contribution in [0.5, 0.6) is 0 Å². The molecular formula is C15H27NO2. The van der Waals surface area contributed by atoms with Gasteiger partial charge >= 0.3 is 6.09 Å². The Morgan fingerprint density at radius 1 is 1.50 bits per heavy atom. The van der Waals surface area contributed by atoms with E-state index >= 15 is 0 Å². The van der Waals surface area contributed by atoms with Gasteiger partial charge in [-0.2, -0.15) is 0 Å². The third-order valence-electron chi connectivity index (χ3n) is 3.83. The molecule has 0 aromatic heterocycles. The Balaban J connectivity index is 2.26. The van der Waals surface area contributed by atoms with Gasteiger partial charge in [-0.25, -0.2) is 4.79 Å². The fraction of sp³-hybridized carbons (Fsp3) is 0.800. The lowest BCUT2D eigenvalue weighted by molar-refractivity contribution is 0.105. The van der Waals surface area contributed by atoms with Gasteiger partial charge in [-0.05, 0) is 44.4 Å². The summed E-state index contributed by atoms with van der Waals surface area (Å²) in [6.45, 7) is 9.12. The smallest absolute Gasteiger partial charge is 0.407 e. The van der Waals surface area contributed by atoms with E-state index in [-0.39, 0.29) is 12.2 Å². The number of hydrogen-bond donors (Lipinski definition) is 1. The predicted octanol–water partition coefficient (Wildman–Crippen LogP) is 3.89. The van der Waals surface area contributed by atoms with E-state index in [1.54, 1.807) is 0 Å². The molecule has 0 radical (unpaired) electrons. The fourth-order valence-corrected chi connectivity index (χ4v) is 2.17. The maximum absolute atomic E-state index is 11.5. The molecule has 0 heterocycles. The van der Waals surface area contributed by atoms with Crippen molar-refractivity contribution in [1.82, 2.24) is 5.32 Å². The summed E-state index contributed by atoms with van der Waals surface area (Å²) in [5.41, 5.74) is 1.34. The molecule has 3 heteroatoms. The Morgan fingerprint density at radius 3 is 2.72 bits per heavy atom. The second-order valence-corrected chi connectivity index (χ2v) is 5.62. The lowest BCUT2D eigenvalue weighted by Crippen LogP contribution is -2.30. The maximum Gasteiger partial charge on any atom is 0.407 e. The number of carbonyl (C=O) groups excluding carboxylic acids is 1. The highest BCUT2D eigenvalue weighted by Gasteiger charge is 2.17. The van der Waals surface area contributed by atoms with Gasteiger partial charge in [-0.15, -0.1) is 0 Å². The first-order valence-corrected chi connectivity index (χ1v) is 7.15. The molecule has 0 fully saturated rings. The molecule has 2 atom stereocenters. The Morgan fingerprint density at radius 2 is 2.22 bits per heavy atom. The van der Waals surface area contributed by atoms with Crippen molar-refractivity contribution in [3.63, 3.8) is 0 Å². The largest absolute Gasteiger partial charge is 0.447 e. The molecule has 0 bridgehead atoms. The minimum atomic E-state index is -0.295. The van der Waals surface area contributed by atoms with Gasteiger partial charge in [0.2, 0.25) is 0 Å². The summed E-state index contributed by atoms with van der Waals surface area (Å²) in [6, 6.07) is 0. The molecule has 0 aromatic rings. The monoisotopic (exact) mass is 253 g/mol. The van der Waals surface area contributed by atoms with Crippen LogP contribution >= 0.6 is 0 Å². The van der Waals surface area contributed by atoms with Crippen molar-refractivity contribution in [3.8, 4) is 0 Å². The standard InChI is InChI=1S/C15H27NO2/c1-5-12(4)18-15(17)16-10-13-6-8-14(9-7-13)11(2)3/h6,11-12,14H,5,7-10H2,1-4H3,(H,16,17). The molecule has 1 N–H and O–H groups in total. The number of alkyl carbamates (subject to hydrolysis) is 1. The molecule has 1 aliphatic rings. The van der Waals surface area contributed by atoms with Crippen LogP contribution in [-0.4, -0.2) is 18.7 Å². The molecule has 1 rings (SSSR count). The van der Waals surface area contributed by atoms with Crippen LogP contribution in [0.2, 0.25) is 0 Å². The fourth-order valence-electron chi connectivity index (χ4n) is 2.17. The topological polar surface area (TPSA) is 38.3 Å². The Bertz CT molecular complexity index is 297. The molecule has 3 nitrogen and oxygen atoms in total. The molecule has 0 saturated carbocycles. The van der Waals surface area contributed by atoms with E-state index < -0.39 is 0 Å². The van der Waals surface area contributed by atoms with Crippen LogP contribution in [0.3, 0.4) is 0 Å². The highest BCUT2D eigenvalue weighted by Crippen LogP contribution is 2.28. The molecule has 0 spiro atoms. The van der Waals surface area contributed by atoms with Crippen LogP contribution in [0.1, 0.15) is 53.4 Å². The molecule has 1 amide bonds. The van der Waals surface area contributed by atoms with Crippen LogP contribution in [0.25, 0.3) is 0 Å². The van der Waals surface area contributed by atoms with Gasteiger partial charge in [0, 0.05) is 6.54 Å². The van der Waals surface area contributed by atoms with Crippen molar-refractivity contribution in [1.29, 1.82) is 0 Å². The zero-order valence-electron chi connectivity index (χ0n) is 12.2. The van der Waals surface area contributed by atoms with E-state index in [9.17, 15) is 4.79 Å². The molecule has 1 aliphatic carbocycles. The first-order valence-electron chi connectivity index (χ1n) is 7.15. The normalized spacial score (nSPS) is 21.4. The molecule has 2 unspecified atom stereocenters. The third-order valence-corrected chi connectivity index (χ3v) is 3.83. The predicted molar refractivity (Wildman–Crippen MR) is 74.5 cm³/mol. The average molecular weight is 253 g/mol. The van der Waals surface area contributed by atoms with Gasteiger partial charge in [-0.1, -0.05) is 32.4 Å². The number of amides is 1. The Labute approximate surface area is 111 Å². The van der Waals surface area contributed by atoms with E-state index in [1.165, 1.54) is 12.0 Å². The van der Waals surface area contributed by atoms with Gasteiger partial charge in [0.15, 0.2) is 0 Å². The second-order valence-electron chi connectivity index (χ2n) is 5.62. The first kappa shape index (κ1) is 15.1. The molecular weight excluding hydrogens is 226 g/mol. The summed E-state index contributed by atoms with van der Waals surface area (Å²) in [7, 11) is 0. The summed E-state index contributed by atoms with van der Waals surface area (Å²) < 4.78 is 5.17. The average Bonchev–Trinajstić information content (AvgIpc) is 2.36. The maximum atomic E-state index is 11.5. The SMILES string of the molecule is CCC(C)OC(=O)NCC1=CCC(C(C)C)CC1. The number of nitrogens with one attached hydrogen (secondary N) is 1. The lowest BCUT2D eigenvalue weighted by atomic mass is 9.82. The summed E-state index contributed by atoms with van der Waals surface area (Å²) in [4.78, 5) is 11.5. The van der Waals surface area contributed by atoms with Crippen molar-refractivity contribution < 1.29 is 9.53 Å². The third kappa shape index (κ3) is 5.11. The molecule has 0 saturated heterocycles. The number of carbonyl (C=O) groups is 1. The van der Waals surface area contributed by atoms with Crippen molar-refractivity contribution in [3.05, 3.63) is 11.6 Å². The minimum absolute atomic E-state index is 0.00402. The van der Waals surface area contributed by atoms with Crippen LogP contribution in [0.15, 0.2) is 11.6 Å². The van der Waals surface area contributed by atoms with Gasteiger partial charge < -0.3 is 10.1 Å². The molecule has 0 aliphatic heterocycles. The van der Waals surface area contributed by atoms with E-state index in [0.29, 0.717) is 6.54 Å². The zero-order valence-corrected chi connectivity index (χ0v) is 12.2.